The first-order chi connectivity index (χ1) is 24.2. The number of rotatable bonds is 5. The Hall–Kier alpha value is -4.98. The van der Waals surface area contributed by atoms with E-state index in [1.807, 2.05) is 36.0 Å². The number of pyridine rings is 1. The van der Waals surface area contributed by atoms with E-state index in [1.165, 1.54) is 16.1 Å². The van der Waals surface area contributed by atoms with Gasteiger partial charge in [-0.3, -0.25) is 4.90 Å². The lowest BCUT2D eigenvalue weighted by molar-refractivity contribution is -0.0283. The summed E-state index contributed by atoms with van der Waals surface area (Å²) in [6, 6.07) is 48.6. The molecule has 2 unspecified atom stereocenters. The Morgan fingerprint density at radius 3 is 2.18 bits per heavy atom. The van der Waals surface area contributed by atoms with Crippen molar-refractivity contribution < 1.29 is 4.84 Å². The number of amidine groups is 1. The van der Waals surface area contributed by atoms with Gasteiger partial charge in [0.2, 0.25) is 5.72 Å². The van der Waals surface area contributed by atoms with E-state index >= 15 is 0 Å². The van der Waals surface area contributed by atoms with Crippen LogP contribution in [0, 0.1) is 0 Å². The summed E-state index contributed by atoms with van der Waals surface area (Å²) in [5, 5.41) is 6.68. The van der Waals surface area contributed by atoms with E-state index < -0.39 is 5.72 Å². The van der Waals surface area contributed by atoms with Crippen molar-refractivity contribution in [2.45, 2.75) is 22.3 Å². The summed E-state index contributed by atoms with van der Waals surface area (Å²) in [5.41, 5.74) is 5.67. The molecule has 0 bridgehead atoms. The standard InChI is InChI=1S/C41H34ClN5OS/c42-32-21-19-29(20-22-32)39-44-48-41(31-12-3-1-4-13-31)28-38(49-37-18-10-9-17-36(37)47(39)41)34-27-30-11-7-8-16-35(30)43-40(34)46-25-23-45(24-26-46)33-14-5-2-6-15-33/h1-22,27,38H,23-26,28H2. The number of nitrogens with zero attached hydrogens (tertiary/aromatic N) is 5. The van der Waals surface area contributed by atoms with Crippen molar-refractivity contribution in [1.29, 1.82) is 0 Å². The molecule has 0 aliphatic carbocycles. The molecule has 9 rings (SSSR count). The molecule has 4 heterocycles. The molecule has 49 heavy (non-hydrogen) atoms. The van der Waals surface area contributed by atoms with Crippen LogP contribution in [0.15, 0.2) is 150 Å². The number of halogens is 1. The number of hydrogen-bond donors (Lipinski definition) is 0. The molecule has 242 valence electrons. The summed E-state index contributed by atoms with van der Waals surface area (Å²) in [6.07, 6.45) is 0.647. The zero-order valence-electron chi connectivity index (χ0n) is 26.8. The molecule has 8 heteroatoms. The molecule has 0 spiro atoms. The SMILES string of the molecule is Clc1ccc(C2=NOC3(c4ccccc4)CC(c4cc5ccccc5nc4N4CCN(c5ccccc5)CC4)Sc4ccccc4N23)cc1. The molecule has 6 aromatic rings. The number of thioether (sulfide) groups is 1. The second kappa shape index (κ2) is 12.5. The van der Waals surface area contributed by atoms with Crippen LogP contribution in [0.5, 0.6) is 0 Å². The average molecular weight is 680 g/mol. The molecule has 2 atom stereocenters. The van der Waals surface area contributed by atoms with Crippen molar-refractivity contribution in [3.05, 3.63) is 161 Å². The van der Waals surface area contributed by atoms with Gasteiger partial charge in [-0.25, -0.2) is 4.98 Å². The number of para-hydroxylation sites is 3. The summed E-state index contributed by atoms with van der Waals surface area (Å²) in [6.45, 7) is 3.64. The topological polar surface area (TPSA) is 44.2 Å². The maximum absolute atomic E-state index is 6.78. The Balaban J connectivity index is 1.18. The molecule has 3 aliphatic heterocycles. The van der Waals surface area contributed by atoms with Crippen molar-refractivity contribution in [3.63, 3.8) is 0 Å². The van der Waals surface area contributed by atoms with Crippen molar-refractivity contribution in [2.75, 3.05) is 40.9 Å². The molecular weight excluding hydrogens is 646 g/mol. The molecule has 0 radical (unpaired) electrons. The van der Waals surface area contributed by atoms with Gasteiger partial charge in [-0.05, 0) is 60.7 Å². The third-order valence-corrected chi connectivity index (χ3v) is 11.4. The van der Waals surface area contributed by atoms with Crippen LogP contribution in [0.25, 0.3) is 10.9 Å². The Labute approximate surface area is 295 Å². The smallest absolute Gasteiger partial charge is 0.242 e. The average Bonchev–Trinajstić information content (AvgIpc) is 3.47. The van der Waals surface area contributed by atoms with Gasteiger partial charge in [0.1, 0.15) is 5.82 Å². The van der Waals surface area contributed by atoms with Crippen molar-refractivity contribution in [2.24, 2.45) is 5.16 Å². The summed E-state index contributed by atoms with van der Waals surface area (Å²) >= 11 is 8.22. The highest BCUT2D eigenvalue weighted by atomic mass is 35.5. The minimum absolute atomic E-state index is 0.00498. The predicted molar refractivity (Wildman–Crippen MR) is 202 cm³/mol. The lowest BCUT2D eigenvalue weighted by Gasteiger charge is -2.39. The van der Waals surface area contributed by atoms with Gasteiger partial charge in [0.05, 0.1) is 11.2 Å². The van der Waals surface area contributed by atoms with E-state index in [0.29, 0.717) is 11.4 Å². The fourth-order valence-electron chi connectivity index (χ4n) is 7.38. The van der Waals surface area contributed by atoms with E-state index in [-0.39, 0.29) is 5.25 Å². The largest absolute Gasteiger partial charge is 0.368 e. The van der Waals surface area contributed by atoms with Gasteiger partial charge in [-0.15, -0.1) is 11.8 Å². The van der Waals surface area contributed by atoms with Crippen LogP contribution in [-0.2, 0) is 10.6 Å². The molecule has 6 nitrogen and oxygen atoms in total. The van der Waals surface area contributed by atoms with Gasteiger partial charge in [0.15, 0.2) is 5.84 Å². The number of oxime groups is 1. The third kappa shape index (κ3) is 5.38. The number of anilines is 3. The number of benzene rings is 5. The molecule has 5 aromatic carbocycles. The maximum atomic E-state index is 6.78. The summed E-state index contributed by atoms with van der Waals surface area (Å²) in [7, 11) is 0. The molecular formula is C41H34ClN5OS. The summed E-state index contributed by atoms with van der Waals surface area (Å²) < 4.78 is 0. The van der Waals surface area contributed by atoms with Crippen LogP contribution < -0.4 is 14.7 Å². The highest BCUT2D eigenvalue weighted by molar-refractivity contribution is 7.99. The van der Waals surface area contributed by atoms with Crippen molar-refractivity contribution in [3.8, 4) is 0 Å². The maximum Gasteiger partial charge on any atom is 0.242 e. The van der Waals surface area contributed by atoms with Crippen LogP contribution in [-0.4, -0.2) is 37.0 Å². The van der Waals surface area contributed by atoms with Crippen LogP contribution in [0.1, 0.15) is 28.4 Å². The zero-order valence-corrected chi connectivity index (χ0v) is 28.4. The van der Waals surface area contributed by atoms with Gasteiger partial charge < -0.3 is 14.6 Å². The molecule has 1 aromatic heterocycles. The molecule has 0 N–H and O–H groups in total. The first-order valence-electron chi connectivity index (χ1n) is 16.7. The van der Waals surface area contributed by atoms with Gasteiger partial charge >= 0.3 is 0 Å². The first kappa shape index (κ1) is 30.1. The quantitative estimate of drug-likeness (QED) is 0.181. The molecule has 0 saturated carbocycles. The summed E-state index contributed by atoms with van der Waals surface area (Å²) in [5.74, 6) is 1.82. The van der Waals surface area contributed by atoms with Crippen molar-refractivity contribution >= 4 is 57.3 Å². The molecule has 1 saturated heterocycles. The lowest BCUT2D eigenvalue weighted by Crippen LogP contribution is -2.48. The first-order valence-corrected chi connectivity index (χ1v) is 18.0. The van der Waals surface area contributed by atoms with Gasteiger partial charge in [-0.2, -0.15) is 0 Å². The van der Waals surface area contributed by atoms with Crippen LogP contribution >= 0.6 is 23.4 Å². The third-order valence-electron chi connectivity index (χ3n) is 9.80. The van der Waals surface area contributed by atoms with Gasteiger partial charge in [0.25, 0.3) is 0 Å². The monoisotopic (exact) mass is 679 g/mol. The second-order valence-corrected chi connectivity index (χ2v) is 14.4. The van der Waals surface area contributed by atoms with Crippen molar-refractivity contribution in [1.82, 2.24) is 4.98 Å². The Morgan fingerprint density at radius 2 is 1.39 bits per heavy atom. The second-order valence-electron chi connectivity index (χ2n) is 12.7. The van der Waals surface area contributed by atoms with E-state index in [2.05, 4.69) is 130 Å². The normalized spacial score (nSPS) is 20.3. The Morgan fingerprint density at radius 1 is 0.714 bits per heavy atom. The predicted octanol–water partition coefficient (Wildman–Crippen LogP) is 9.50. The number of piperazine rings is 1. The van der Waals surface area contributed by atoms with E-state index in [4.69, 9.17) is 26.6 Å². The minimum Gasteiger partial charge on any atom is -0.368 e. The van der Waals surface area contributed by atoms with Gasteiger partial charge in [-0.1, -0.05) is 95.6 Å². The fourth-order valence-corrected chi connectivity index (χ4v) is 8.86. The zero-order chi connectivity index (χ0) is 32.8. The Kier molecular flexibility index (Phi) is 7.67. The van der Waals surface area contributed by atoms with Gasteiger partial charge in [0, 0.05) is 75.5 Å². The minimum atomic E-state index is -0.893. The van der Waals surface area contributed by atoms with E-state index in [1.54, 1.807) is 0 Å². The number of aromatic nitrogens is 1. The van der Waals surface area contributed by atoms with Crippen LogP contribution in [0.3, 0.4) is 0 Å². The van der Waals surface area contributed by atoms with Crippen LogP contribution in [0.4, 0.5) is 17.2 Å². The fraction of sp³-hybridized carbons (Fsp3) is 0.171. The molecule has 3 aliphatic rings. The summed E-state index contributed by atoms with van der Waals surface area (Å²) in [4.78, 5) is 20.6. The molecule has 0 amide bonds. The van der Waals surface area contributed by atoms with Crippen LogP contribution in [0.2, 0.25) is 5.02 Å². The lowest BCUT2D eigenvalue weighted by atomic mass is 9.91. The molecule has 1 fully saturated rings. The highest BCUT2D eigenvalue weighted by Gasteiger charge is 2.53. The van der Waals surface area contributed by atoms with E-state index in [9.17, 15) is 0 Å². The highest BCUT2D eigenvalue weighted by Crippen LogP contribution is 2.57. The number of fused-ring (bicyclic) bond motifs is 4. The Bertz CT molecular complexity index is 2160. The number of hydrogen-bond acceptors (Lipinski definition) is 7. The van der Waals surface area contributed by atoms with E-state index in [0.717, 1.165) is 65.5 Å².